The van der Waals surface area contributed by atoms with E-state index in [1.54, 1.807) is 23.9 Å². The van der Waals surface area contributed by atoms with Crippen LogP contribution in [-0.4, -0.2) is 40.9 Å². The van der Waals surface area contributed by atoms with Crippen molar-refractivity contribution in [1.82, 2.24) is 9.13 Å². The van der Waals surface area contributed by atoms with Crippen LogP contribution in [0.2, 0.25) is 0 Å². The van der Waals surface area contributed by atoms with Crippen LogP contribution in [0, 0.1) is 0 Å². The number of benzene rings is 1. The molecule has 0 fully saturated rings. The van der Waals surface area contributed by atoms with Crippen LogP contribution < -0.4 is 11.2 Å². The number of thioether (sulfide) groups is 1. The predicted octanol–water partition coefficient (Wildman–Crippen LogP) is 2.42. The van der Waals surface area contributed by atoms with E-state index >= 15 is 0 Å². The molecule has 0 bridgehead atoms. The van der Waals surface area contributed by atoms with Gasteiger partial charge in [-0.25, -0.2) is 9.36 Å². The van der Waals surface area contributed by atoms with E-state index in [0.717, 1.165) is 17.7 Å². The third kappa shape index (κ3) is 4.40. The topological polar surface area (TPSA) is 74.8 Å². The summed E-state index contributed by atoms with van der Waals surface area (Å²) in [6.45, 7) is 0.635. The van der Waals surface area contributed by atoms with Crippen molar-refractivity contribution >= 4 is 17.5 Å². The Balaban J connectivity index is 2.07. The van der Waals surface area contributed by atoms with Gasteiger partial charge >= 0.3 is 11.9 Å². The average molecular weight is 429 g/mol. The summed E-state index contributed by atoms with van der Waals surface area (Å²) in [6, 6.07) is 5.22. The maximum absolute atomic E-state index is 13.0. The van der Waals surface area contributed by atoms with E-state index in [4.69, 9.17) is 9.57 Å². The first kappa shape index (κ1) is 21.2. The lowest BCUT2D eigenvalue weighted by molar-refractivity contribution is -0.144. The second kappa shape index (κ2) is 8.46. The highest BCUT2D eigenvalue weighted by Crippen LogP contribution is 2.32. The highest BCUT2D eigenvalue weighted by Gasteiger charge is 2.35. The van der Waals surface area contributed by atoms with Gasteiger partial charge in [-0.2, -0.15) is 13.2 Å². The van der Waals surface area contributed by atoms with Gasteiger partial charge in [0.25, 0.3) is 5.56 Å². The molecule has 0 unspecified atom stereocenters. The summed E-state index contributed by atoms with van der Waals surface area (Å²) >= 11 is 1.58. The zero-order valence-corrected chi connectivity index (χ0v) is 16.5. The van der Waals surface area contributed by atoms with Crippen molar-refractivity contribution in [2.75, 3.05) is 26.1 Å². The zero-order valence-electron chi connectivity index (χ0n) is 15.7. The van der Waals surface area contributed by atoms with Gasteiger partial charge in [-0.05, 0) is 18.2 Å². The van der Waals surface area contributed by atoms with Crippen LogP contribution in [0.3, 0.4) is 0 Å². The molecule has 0 amide bonds. The van der Waals surface area contributed by atoms with Crippen molar-refractivity contribution in [3.8, 4) is 5.69 Å². The Morgan fingerprint density at radius 2 is 1.97 bits per heavy atom. The summed E-state index contributed by atoms with van der Waals surface area (Å²) in [6.07, 6.45) is -4.20. The summed E-state index contributed by atoms with van der Waals surface area (Å²) in [5.74, 6) is 0.779. The maximum atomic E-state index is 13.0. The molecule has 29 heavy (non-hydrogen) atoms. The van der Waals surface area contributed by atoms with E-state index in [-0.39, 0.29) is 12.3 Å². The Labute approximate surface area is 167 Å². The molecule has 1 aromatic heterocycles. The fraction of sp³-hybridized carbons (Fsp3) is 0.389. The number of aromatic nitrogens is 2. The second-order valence-corrected chi connectivity index (χ2v) is 7.32. The van der Waals surface area contributed by atoms with Gasteiger partial charge in [0.15, 0.2) is 0 Å². The quantitative estimate of drug-likeness (QED) is 0.539. The van der Waals surface area contributed by atoms with E-state index < -0.39 is 23.1 Å². The summed E-state index contributed by atoms with van der Waals surface area (Å²) in [5.41, 5.74) is -1.97. The Bertz CT molecular complexity index is 1060. The van der Waals surface area contributed by atoms with Gasteiger partial charge in [-0.1, -0.05) is 5.16 Å². The van der Waals surface area contributed by atoms with E-state index in [2.05, 4.69) is 5.16 Å². The monoisotopic (exact) mass is 429 g/mol. The Hall–Kier alpha value is -2.53. The lowest BCUT2D eigenvalue weighted by Crippen LogP contribution is -2.40. The number of alkyl halides is 3. The van der Waals surface area contributed by atoms with Gasteiger partial charge < -0.3 is 9.57 Å². The van der Waals surface area contributed by atoms with Crippen LogP contribution in [-0.2, 0) is 22.8 Å². The first-order valence-corrected chi connectivity index (χ1v) is 9.58. The van der Waals surface area contributed by atoms with Crippen LogP contribution in [0.15, 0.2) is 43.9 Å². The van der Waals surface area contributed by atoms with Crippen molar-refractivity contribution in [1.29, 1.82) is 0 Å². The molecular formula is C18H18F3N3O4S. The number of nitrogens with zero attached hydrogens (tertiary/aromatic N) is 3. The molecule has 156 valence electrons. The molecule has 0 saturated heterocycles. The fourth-order valence-corrected chi connectivity index (χ4v) is 3.89. The molecule has 1 aromatic carbocycles. The molecule has 0 radical (unpaired) electrons. The fourth-order valence-electron chi connectivity index (χ4n) is 2.88. The molecule has 3 rings (SSSR count). The number of oxime groups is 1. The second-order valence-electron chi connectivity index (χ2n) is 6.19. The standard InChI is InChI=1S/C18H18F3N3O4S/c1-23-15(18(19,20)21)10-16(25)24(17(23)26)11-3-4-14-12(9-11)13(5-8-29-14)22-28-7-6-27-2/h3-4,9-10H,5-8H2,1-2H3/b22-13+. The SMILES string of the molecule is COCCO/N=C1\CCSc2ccc(-n3c(=O)cc(C(F)(F)F)n(C)c3=O)cc21. The number of rotatable bonds is 5. The zero-order chi connectivity index (χ0) is 21.2. The first-order valence-electron chi connectivity index (χ1n) is 8.59. The molecule has 2 heterocycles. The average Bonchev–Trinajstić information content (AvgIpc) is 2.67. The Morgan fingerprint density at radius 1 is 1.21 bits per heavy atom. The van der Waals surface area contributed by atoms with Gasteiger partial charge in [0.1, 0.15) is 12.3 Å². The molecule has 0 N–H and O–H groups in total. The van der Waals surface area contributed by atoms with Crippen molar-refractivity contribution in [3.05, 3.63) is 56.4 Å². The largest absolute Gasteiger partial charge is 0.431 e. The van der Waals surface area contributed by atoms with E-state index in [9.17, 15) is 22.8 Å². The van der Waals surface area contributed by atoms with Crippen LogP contribution in [0.25, 0.3) is 5.69 Å². The number of ether oxygens (including phenoxy) is 1. The van der Waals surface area contributed by atoms with Crippen LogP contribution in [0.5, 0.6) is 0 Å². The maximum Gasteiger partial charge on any atom is 0.431 e. The third-order valence-electron chi connectivity index (χ3n) is 4.29. The molecule has 1 aliphatic rings. The van der Waals surface area contributed by atoms with Crippen molar-refractivity contribution in [2.24, 2.45) is 12.2 Å². The Morgan fingerprint density at radius 3 is 2.66 bits per heavy atom. The van der Waals surface area contributed by atoms with E-state index in [1.807, 2.05) is 0 Å². The summed E-state index contributed by atoms with van der Waals surface area (Å²) in [4.78, 5) is 30.9. The van der Waals surface area contributed by atoms with Gasteiger partial charge in [0.2, 0.25) is 0 Å². The number of fused-ring (bicyclic) bond motifs is 1. The number of hydrogen-bond acceptors (Lipinski definition) is 6. The van der Waals surface area contributed by atoms with E-state index in [1.165, 1.54) is 13.2 Å². The van der Waals surface area contributed by atoms with Gasteiger partial charge in [-0.3, -0.25) is 9.36 Å². The molecule has 0 atom stereocenters. The number of methoxy groups -OCH3 is 1. The molecule has 11 heteroatoms. The number of halogens is 3. The van der Waals surface area contributed by atoms with Crippen LogP contribution >= 0.6 is 11.8 Å². The smallest absolute Gasteiger partial charge is 0.393 e. The summed E-state index contributed by atoms with van der Waals surface area (Å²) in [7, 11) is 2.52. The normalized spacial score (nSPS) is 15.4. The summed E-state index contributed by atoms with van der Waals surface area (Å²) < 4.78 is 45.1. The molecule has 0 aliphatic carbocycles. The minimum atomic E-state index is -4.81. The predicted molar refractivity (Wildman–Crippen MR) is 102 cm³/mol. The van der Waals surface area contributed by atoms with Crippen LogP contribution in [0.1, 0.15) is 17.7 Å². The van der Waals surface area contributed by atoms with Crippen molar-refractivity contribution < 1.29 is 22.7 Å². The van der Waals surface area contributed by atoms with Crippen LogP contribution in [0.4, 0.5) is 13.2 Å². The van der Waals surface area contributed by atoms with Gasteiger partial charge in [0.05, 0.1) is 18.0 Å². The Kier molecular flexibility index (Phi) is 6.18. The molecule has 7 nitrogen and oxygen atoms in total. The van der Waals surface area contributed by atoms with Gasteiger partial charge in [-0.15, -0.1) is 11.8 Å². The number of hydrogen-bond donors (Lipinski definition) is 0. The highest BCUT2D eigenvalue weighted by molar-refractivity contribution is 7.99. The van der Waals surface area contributed by atoms with Gasteiger partial charge in [0, 0.05) is 42.9 Å². The summed E-state index contributed by atoms with van der Waals surface area (Å²) in [5, 5.41) is 4.11. The first-order chi connectivity index (χ1) is 13.7. The van der Waals surface area contributed by atoms with Crippen molar-refractivity contribution in [3.63, 3.8) is 0 Å². The third-order valence-corrected chi connectivity index (χ3v) is 5.37. The lowest BCUT2D eigenvalue weighted by atomic mass is 10.1. The molecule has 1 aliphatic heterocycles. The van der Waals surface area contributed by atoms with Crippen molar-refractivity contribution in [2.45, 2.75) is 17.5 Å². The molecule has 2 aromatic rings. The highest BCUT2D eigenvalue weighted by atomic mass is 32.2. The minimum absolute atomic E-state index is 0.162. The molecule has 0 spiro atoms. The minimum Gasteiger partial charge on any atom is -0.393 e. The lowest BCUT2D eigenvalue weighted by Gasteiger charge is -2.19. The van der Waals surface area contributed by atoms with E-state index in [0.29, 0.717) is 39.5 Å². The molecule has 0 saturated carbocycles. The molecular weight excluding hydrogens is 411 g/mol.